The summed E-state index contributed by atoms with van der Waals surface area (Å²) in [4.78, 5) is 21.0. The number of rotatable bonds is 6. The van der Waals surface area contributed by atoms with Gasteiger partial charge in [0.05, 0.1) is 11.3 Å². The molecule has 3 rings (SSSR count). The highest BCUT2D eigenvalue weighted by atomic mass is 32.2. The van der Waals surface area contributed by atoms with Crippen molar-refractivity contribution in [1.29, 1.82) is 5.26 Å². The van der Waals surface area contributed by atoms with Gasteiger partial charge in [0.15, 0.2) is 0 Å². The topological polar surface area (TPSA) is 78.7 Å². The molecule has 6 heteroatoms. The van der Waals surface area contributed by atoms with Crippen LogP contribution in [0.15, 0.2) is 65.7 Å². The molecule has 27 heavy (non-hydrogen) atoms. The highest BCUT2D eigenvalue weighted by molar-refractivity contribution is 7.99. The minimum absolute atomic E-state index is 0.113. The van der Waals surface area contributed by atoms with Crippen molar-refractivity contribution in [2.75, 3.05) is 11.1 Å². The fourth-order valence-electron chi connectivity index (χ4n) is 2.46. The Labute approximate surface area is 162 Å². The van der Waals surface area contributed by atoms with Crippen LogP contribution >= 0.6 is 11.8 Å². The summed E-state index contributed by atoms with van der Waals surface area (Å²) in [5.74, 6) is 0.961. The second-order valence-corrected chi connectivity index (χ2v) is 6.92. The number of amides is 1. The van der Waals surface area contributed by atoms with Gasteiger partial charge in [-0.25, -0.2) is 9.97 Å². The van der Waals surface area contributed by atoms with Crippen molar-refractivity contribution in [3.63, 3.8) is 0 Å². The molecule has 0 aliphatic heterocycles. The molecule has 0 saturated carbocycles. The van der Waals surface area contributed by atoms with Gasteiger partial charge in [-0.2, -0.15) is 5.26 Å². The molecular formula is C21H18N4OS. The first-order valence-corrected chi connectivity index (χ1v) is 9.47. The van der Waals surface area contributed by atoms with Crippen LogP contribution in [0.1, 0.15) is 17.7 Å². The zero-order chi connectivity index (χ0) is 19.1. The molecule has 0 aliphatic carbocycles. The van der Waals surface area contributed by atoms with Gasteiger partial charge in [0.1, 0.15) is 16.9 Å². The van der Waals surface area contributed by atoms with E-state index in [1.807, 2.05) is 55.5 Å². The van der Waals surface area contributed by atoms with Crippen LogP contribution in [0.25, 0.3) is 11.3 Å². The largest absolute Gasteiger partial charge is 0.311 e. The molecule has 0 unspecified atom stereocenters. The Morgan fingerprint density at radius 2 is 1.89 bits per heavy atom. The highest BCUT2D eigenvalue weighted by Gasteiger charge is 2.10. The molecule has 0 aliphatic rings. The van der Waals surface area contributed by atoms with Crippen LogP contribution in [-0.2, 0) is 4.79 Å². The van der Waals surface area contributed by atoms with Crippen LogP contribution in [0, 0.1) is 18.3 Å². The zero-order valence-corrected chi connectivity index (χ0v) is 15.7. The van der Waals surface area contributed by atoms with E-state index in [9.17, 15) is 10.1 Å². The molecular weight excluding hydrogens is 356 g/mol. The lowest BCUT2D eigenvalue weighted by molar-refractivity contribution is -0.115. The number of thioether (sulfide) groups is 1. The maximum Gasteiger partial charge on any atom is 0.226 e. The molecule has 2 heterocycles. The normalized spacial score (nSPS) is 10.2. The van der Waals surface area contributed by atoms with Gasteiger partial charge < -0.3 is 5.32 Å². The number of benzene rings is 1. The van der Waals surface area contributed by atoms with E-state index in [1.54, 1.807) is 12.1 Å². The number of pyridine rings is 2. The summed E-state index contributed by atoms with van der Waals surface area (Å²) in [5, 5.41) is 12.7. The Morgan fingerprint density at radius 3 is 2.63 bits per heavy atom. The number of carbonyl (C=O) groups is 1. The molecule has 0 atom stereocenters. The molecule has 0 radical (unpaired) electrons. The monoisotopic (exact) mass is 374 g/mol. The Morgan fingerprint density at radius 1 is 1.07 bits per heavy atom. The number of nitrogens with zero attached hydrogens (tertiary/aromatic N) is 3. The van der Waals surface area contributed by atoms with Gasteiger partial charge in [-0.15, -0.1) is 11.8 Å². The van der Waals surface area contributed by atoms with Crippen LogP contribution in [0.5, 0.6) is 0 Å². The summed E-state index contributed by atoms with van der Waals surface area (Å²) < 4.78 is 0. The number of nitrogens with one attached hydrogen (secondary N) is 1. The van der Waals surface area contributed by atoms with Gasteiger partial charge in [0.2, 0.25) is 5.91 Å². The van der Waals surface area contributed by atoms with E-state index in [2.05, 4.69) is 21.4 Å². The summed E-state index contributed by atoms with van der Waals surface area (Å²) in [5.41, 5.74) is 3.17. The molecule has 134 valence electrons. The predicted molar refractivity (Wildman–Crippen MR) is 107 cm³/mol. The number of aromatic nitrogens is 2. The van der Waals surface area contributed by atoms with Crippen molar-refractivity contribution < 1.29 is 4.79 Å². The van der Waals surface area contributed by atoms with Crippen molar-refractivity contribution in [1.82, 2.24) is 9.97 Å². The lowest BCUT2D eigenvalue weighted by Crippen LogP contribution is -2.13. The summed E-state index contributed by atoms with van der Waals surface area (Å²) in [6.07, 6.45) is 0.308. The van der Waals surface area contributed by atoms with E-state index in [1.165, 1.54) is 11.8 Å². The van der Waals surface area contributed by atoms with E-state index >= 15 is 0 Å². The SMILES string of the molecule is Cc1cccc(NC(=O)CCSc2nc(-c3ccccc3)ccc2C#N)n1. The van der Waals surface area contributed by atoms with Gasteiger partial charge in [-0.05, 0) is 31.2 Å². The van der Waals surface area contributed by atoms with Gasteiger partial charge >= 0.3 is 0 Å². The highest BCUT2D eigenvalue weighted by Crippen LogP contribution is 2.25. The first kappa shape index (κ1) is 18.6. The minimum atomic E-state index is -0.113. The number of hydrogen-bond donors (Lipinski definition) is 1. The Kier molecular flexibility index (Phi) is 6.18. The number of aryl methyl sites for hydroxylation is 1. The lowest BCUT2D eigenvalue weighted by Gasteiger charge is -2.07. The first-order chi connectivity index (χ1) is 13.2. The van der Waals surface area contributed by atoms with Crippen molar-refractivity contribution in [2.45, 2.75) is 18.4 Å². The molecule has 5 nitrogen and oxygen atoms in total. The maximum absolute atomic E-state index is 12.1. The van der Waals surface area contributed by atoms with Crippen LogP contribution < -0.4 is 5.32 Å². The second-order valence-electron chi connectivity index (χ2n) is 5.84. The van der Waals surface area contributed by atoms with Gasteiger partial charge in [-0.1, -0.05) is 36.4 Å². The maximum atomic E-state index is 12.1. The quantitative estimate of drug-likeness (QED) is 0.645. The number of carbonyl (C=O) groups excluding carboxylic acids is 1. The van der Waals surface area contributed by atoms with Gasteiger partial charge in [-0.3, -0.25) is 4.79 Å². The summed E-state index contributed by atoms with van der Waals surface area (Å²) in [7, 11) is 0. The second kappa shape index (κ2) is 8.97. The van der Waals surface area contributed by atoms with Crippen LogP contribution in [0.3, 0.4) is 0 Å². The summed E-state index contributed by atoms with van der Waals surface area (Å²) in [6, 6.07) is 21.1. The number of hydrogen-bond acceptors (Lipinski definition) is 5. The third-order valence-electron chi connectivity index (χ3n) is 3.77. The Hall–Kier alpha value is -3.17. The smallest absolute Gasteiger partial charge is 0.226 e. The van der Waals surface area contributed by atoms with Crippen molar-refractivity contribution in [3.8, 4) is 17.3 Å². The van der Waals surface area contributed by atoms with E-state index in [0.717, 1.165) is 17.0 Å². The molecule has 1 amide bonds. The number of anilines is 1. The average molecular weight is 374 g/mol. The molecule has 2 aromatic heterocycles. The van der Waals surface area contributed by atoms with Crippen molar-refractivity contribution in [2.24, 2.45) is 0 Å². The Balaban J connectivity index is 1.63. The van der Waals surface area contributed by atoms with E-state index in [4.69, 9.17) is 0 Å². The fraction of sp³-hybridized carbons (Fsp3) is 0.143. The molecule has 0 bridgehead atoms. The molecule has 0 fully saturated rings. The predicted octanol–water partition coefficient (Wildman–Crippen LogP) is 4.44. The first-order valence-electron chi connectivity index (χ1n) is 8.48. The van der Waals surface area contributed by atoms with Crippen LogP contribution in [0.2, 0.25) is 0 Å². The van der Waals surface area contributed by atoms with Gasteiger partial charge in [0, 0.05) is 23.4 Å². The van der Waals surface area contributed by atoms with E-state index in [0.29, 0.717) is 28.6 Å². The molecule has 0 saturated heterocycles. The molecule has 3 aromatic rings. The van der Waals surface area contributed by atoms with E-state index < -0.39 is 0 Å². The molecule has 1 N–H and O–H groups in total. The van der Waals surface area contributed by atoms with Crippen molar-refractivity contribution >= 4 is 23.5 Å². The standard InChI is InChI=1S/C21H18N4OS/c1-15-6-5-9-19(23-15)25-20(26)12-13-27-21-17(14-22)10-11-18(24-21)16-7-3-2-4-8-16/h2-11H,12-13H2,1H3,(H,23,25,26). The van der Waals surface area contributed by atoms with Gasteiger partial charge in [0.25, 0.3) is 0 Å². The van der Waals surface area contributed by atoms with Crippen molar-refractivity contribution in [3.05, 3.63) is 71.9 Å². The average Bonchev–Trinajstić information content (AvgIpc) is 2.68. The van der Waals surface area contributed by atoms with E-state index in [-0.39, 0.29) is 5.91 Å². The zero-order valence-electron chi connectivity index (χ0n) is 14.8. The molecule has 0 spiro atoms. The third-order valence-corrected chi connectivity index (χ3v) is 4.77. The number of nitriles is 1. The third kappa shape index (κ3) is 5.16. The fourth-order valence-corrected chi connectivity index (χ4v) is 3.38. The summed E-state index contributed by atoms with van der Waals surface area (Å²) in [6.45, 7) is 1.88. The minimum Gasteiger partial charge on any atom is -0.311 e. The molecule has 1 aromatic carbocycles. The summed E-state index contributed by atoms with van der Waals surface area (Å²) >= 11 is 1.41. The van der Waals surface area contributed by atoms with Crippen LogP contribution in [-0.4, -0.2) is 21.6 Å². The van der Waals surface area contributed by atoms with Crippen LogP contribution in [0.4, 0.5) is 5.82 Å². The lowest BCUT2D eigenvalue weighted by atomic mass is 10.1. The Bertz CT molecular complexity index is 983.